The lowest BCUT2D eigenvalue weighted by Crippen LogP contribution is -2.22. The highest BCUT2D eigenvalue weighted by molar-refractivity contribution is 5.98. The fourth-order valence-electron chi connectivity index (χ4n) is 2.64. The van der Waals surface area contributed by atoms with Gasteiger partial charge in [0.2, 0.25) is 0 Å². The van der Waals surface area contributed by atoms with Crippen molar-refractivity contribution in [3.63, 3.8) is 0 Å². The molecule has 0 fully saturated rings. The van der Waals surface area contributed by atoms with Gasteiger partial charge in [0.15, 0.2) is 5.78 Å². The van der Waals surface area contributed by atoms with Crippen molar-refractivity contribution in [3.05, 3.63) is 59.7 Å². The Morgan fingerprint density at radius 3 is 2.77 bits per heavy atom. The number of carbonyl (C=O) groups is 2. The maximum Gasteiger partial charge on any atom is 0.333 e. The summed E-state index contributed by atoms with van der Waals surface area (Å²) in [6.07, 6.45) is 4.71. The SMILES string of the molecule is C=C(CC1CCC=C(C)C1=O)C(=O)OCCc1ccccc1. The van der Waals surface area contributed by atoms with Gasteiger partial charge in [-0.2, -0.15) is 0 Å². The minimum absolute atomic E-state index is 0.126. The van der Waals surface area contributed by atoms with Crippen molar-refractivity contribution in [1.29, 1.82) is 0 Å². The molecule has 22 heavy (non-hydrogen) atoms. The first kappa shape index (κ1) is 16.2. The first-order valence-electron chi connectivity index (χ1n) is 7.67. The summed E-state index contributed by atoms with van der Waals surface area (Å²) < 4.78 is 5.25. The molecule has 116 valence electrons. The highest BCUT2D eigenvalue weighted by Crippen LogP contribution is 2.26. The van der Waals surface area contributed by atoms with Crippen LogP contribution in [0.4, 0.5) is 0 Å². The molecule has 1 aromatic rings. The first-order valence-corrected chi connectivity index (χ1v) is 7.67. The average Bonchev–Trinajstić information content (AvgIpc) is 2.52. The van der Waals surface area contributed by atoms with Crippen LogP contribution in [0, 0.1) is 5.92 Å². The van der Waals surface area contributed by atoms with Gasteiger partial charge in [-0.3, -0.25) is 4.79 Å². The standard InChI is InChI=1S/C19H22O3/c1-14-7-6-10-17(18(14)20)13-15(2)19(21)22-12-11-16-8-4-3-5-9-16/h3-5,7-9,17H,2,6,10-13H2,1H3. The minimum Gasteiger partial charge on any atom is -0.462 e. The van der Waals surface area contributed by atoms with Gasteiger partial charge in [0.25, 0.3) is 0 Å². The Morgan fingerprint density at radius 2 is 2.05 bits per heavy atom. The predicted octanol–water partition coefficient (Wildman–Crippen LogP) is 3.64. The van der Waals surface area contributed by atoms with Crippen molar-refractivity contribution in [2.45, 2.75) is 32.6 Å². The third-order valence-electron chi connectivity index (χ3n) is 3.97. The monoisotopic (exact) mass is 298 g/mol. The quantitative estimate of drug-likeness (QED) is 0.595. The van der Waals surface area contributed by atoms with E-state index in [0.717, 1.165) is 24.0 Å². The molecular weight excluding hydrogens is 276 g/mol. The zero-order valence-corrected chi connectivity index (χ0v) is 13.0. The topological polar surface area (TPSA) is 43.4 Å². The maximum absolute atomic E-state index is 12.0. The van der Waals surface area contributed by atoms with E-state index < -0.39 is 5.97 Å². The van der Waals surface area contributed by atoms with Gasteiger partial charge >= 0.3 is 5.97 Å². The summed E-state index contributed by atoms with van der Waals surface area (Å²) in [6, 6.07) is 9.87. The number of ketones is 1. The van der Waals surface area contributed by atoms with Gasteiger partial charge in [0, 0.05) is 17.9 Å². The number of rotatable bonds is 6. The molecule has 1 unspecified atom stereocenters. The lowest BCUT2D eigenvalue weighted by molar-refractivity contribution is -0.139. The Kier molecular flexibility index (Phi) is 5.70. The van der Waals surface area contributed by atoms with Crippen molar-refractivity contribution in [2.75, 3.05) is 6.61 Å². The van der Waals surface area contributed by atoms with E-state index >= 15 is 0 Å². The van der Waals surface area contributed by atoms with Crippen LogP contribution in [0.15, 0.2) is 54.1 Å². The summed E-state index contributed by atoms with van der Waals surface area (Å²) in [7, 11) is 0. The van der Waals surface area contributed by atoms with Gasteiger partial charge in [-0.05, 0) is 37.3 Å². The molecule has 0 bridgehead atoms. The summed E-state index contributed by atoms with van der Waals surface area (Å²) in [4.78, 5) is 24.0. The molecule has 0 heterocycles. The second-order valence-electron chi connectivity index (χ2n) is 5.70. The summed E-state index contributed by atoms with van der Waals surface area (Å²) in [5.41, 5.74) is 2.31. The molecule has 0 aromatic heterocycles. The Morgan fingerprint density at radius 1 is 1.32 bits per heavy atom. The van der Waals surface area contributed by atoms with Crippen LogP contribution in [-0.2, 0) is 20.7 Å². The van der Waals surface area contributed by atoms with E-state index in [1.54, 1.807) is 0 Å². The third kappa shape index (κ3) is 4.42. The van der Waals surface area contributed by atoms with E-state index in [9.17, 15) is 9.59 Å². The number of ether oxygens (including phenoxy) is 1. The number of carbonyl (C=O) groups excluding carboxylic acids is 2. The normalized spacial score (nSPS) is 17.8. The molecule has 3 heteroatoms. The molecule has 1 aromatic carbocycles. The summed E-state index contributed by atoms with van der Waals surface area (Å²) in [5, 5.41) is 0. The fraction of sp³-hybridized carbons (Fsp3) is 0.368. The van der Waals surface area contributed by atoms with Crippen molar-refractivity contribution < 1.29 is 14.3 Å². The van der Waals surface area contributed by atoms with Gasteiger partial charge in [-0.25, -0.2) is 4.79 Å². The summed E-state index contributed by atoms with van der Waals surface area (Å²) in [6.45, 7) is 5.95. The molecule has 1 aliphatic carbocycles. The predicted molar refractivity (Wildman–Crippen MR) is 86.4 cm³/mol. The van der Waals surface area contributed by atoms with E-state index in [2.05, 4.69) is 6.58 Å². The highest BCUT2D eigenvalue weighted by atomic mass is 16.5. The summed E-state index contributed by atoms with van der Waals surface area (Å²) in [5.74, 6) is -0.389. The van der Waals surface area contributed by atoms with Crippen LogP contribution in [-0.4, -0.2) is 18.4 Å². The number of hydrogen-bond acceptors (Lipinski definition) is 3. The smallest absolute Gasteiger partial charge is 0.333 e. The lowest BCUT2D eigenvalue weighted by atomic mass is 9.84. The zero-order chi connectivity index (χ0) is 15.9. The van der Waals surface area contributed by atoms with Gasteiger partial charge in [0.1, 0.15) is 0 Å². The van der Waals surface area contributed by atoms with Gasteiger partial charge in [0.05, 0.1) is 6.61 Å². The molecule has 0 saturated heterocycles. The molecule has 1 aliphatic rings. The van der Waals surface area contributed by atoms with Crippen LogP contribution >= 0.6 is 0 Å². The van der Waals surface area contributed by atoms with Gasteiger partial charge < -0.3 is 4.74 Å². The van der Waals surface area contributed by atoms with Crippen LogP contribution in [0.25, 0.3) is 0 Å². The number of Topliss-reactive ketones (excluding diaryl/α,β-unsaturated/α-hetero) is 1. The van der Waals surface area contributed by atoms with E-state index in [4.69, 9.17) is 4.74 Å². The number of esters is 1. The molecule has 0 radical (unpaired) electrons. The number of allylic oxidation sites excluding steroid dienone is 2. The first-order chi connectivity index (χ1) is 10.6. The Bertz CT molecular complexity index is 584. The second-order valence-corrected chi connectivity index (χ2v) is 5.70. The number of hydrogen-bond donors (Lipinski definition) is 0. The van der Waals surface area contributed by atoms with Crippen LogP contribution in [0.5, 0.6) is 0 Å². The third-order valence-corrected chi connectivity index (χ3v) is 3.97. The molecule has 1 atom stereocenters. The molecule has 0 saturated carbocycles. The maximum atomic E-state index is 12.0. The van der Waals surface area contributed by atoms with Crippen LogP contribution < -0.4 is 0 Å². The van der Waals surface area contributed by atoms with Gasteiger partial charge in [-0.15, -0.1) is 0 Å². The molecule has 0 N–H and O–H groups in total. The van der Waals surface area contributed by atoms with Crippen LogP contribution in [0.3, 0.4) is 0 Å². The molecule has 3 nitrogen and oxygen atoms in total. The average molecular weight is 298 g/mol. The Balaban J connectivity index is 1.76. The van der Waals surface area contributed by atoms with Crippen LogP contribution in [0.2, 0.25) is 0 Å². The lowest BCUT2D eigenvalue weighted by Gasteiger charge is -2.20. The van der Waals surface area contributed by atoms with Crippen molar-refractivity contribution in [1.82, 2.24) is 0 Å². The second kappa shape index (κ2) is 7.74. The molecule has 0 spiro atoms. The van der Waals surface area contributed by atoms with E-state index in [1.165, 1.54) is 0 Å². The van der Waals surface area contributed by atoms with Crippen LogP contribution in [0.1, 0.15) is 31.7 Å². The van der Waals surface area contributed by atoms with Crippen molar-refractivity contribution in [2.24, 2.45) is 5.92 Å². The van der Waals surface area contributed by atoms with E-state index in [-0.39, 0.29) is 11.7 Å². The van der Waals surface area contributed by atoms with Crippen molar-refractivity contribution >= 4 is 11.8 Å². The molecule has 2 rings (SSSR count). The van der Waals surface area contributed by atoms with E-state index in [0.29, 0.717) is 25.0 Å². The largest absolute Gasteiger partial charge is 0.462 e. The summed E-state index contributed by atoms with van der Waals surface area (Å²) >= 11 is 0. The molecular formula is C19H22O3. The highest BCUT2D eigenvalue weighted by Gasteiger charge is 2.25. The Hall–Kier alpha value is -2.16. The molecule has 0 aliphatic heterocycles. The molecule has 0 amide bonds. The minimum atomic E-state index is -0.393. The van der Waals surface area contributed by atoms with Crippen molar-refractivity contribution in [3.8, 4) is 0 Å². The fourth-order valence-corrected chi connectivity index (χ4v) is 2.64. The zero-order valence-electron chi connectivity index (χ0n) is 13.0. The number of benzene rings is 1. The Labute approximate surface area is 131 Å². The van der Waals surface area contributed by atoms with E-state index in [1.807, 2.05) is 43.3 Å². The van der Waals surface area contributed by atoms with Gasteiger partial charge in [-0.1, -0.05) is 43.0 Å².